The number of halogens is 1. The van der Waals surface area contributed by atoms with E-state index in [0.29, 0.717) is 5.69 Å². The summed E-state index contributed by atoms with van der Waals surface area (Å²) in [5.41, 5.74) is 0.654. The quantitative estimate of drug-likeness (QED) is 0.755. The molecule has 0 atom stereocenters. The average Bonchev–Trinajstić information content (AvgIpc) is 2.67. The van der Waals surface area contributed by atoms with E-state index in [0.717, 1.165) is 0 Å². The lowest BCUT2D eigenvalue weighted by molar-refractivity contribution is 0.600. The average molecular weight is 243 g/mol. The van der Waals surface area contributed by atoms with Crippen LogP contribution in [0, 0.1) is 0 Å². The molecule has 0 N–H and O–H groups in total. The van der Waals surface area contributed by atoms with Gasteiger partial charge in [0.2, 0.25) is 0 Å². The minimum absolute atomic E-state index is 0.0321. The first kappa shape index (κ1) is 10.2. The third-order valence-corrected chi connectivity index (χ3v) is 3.14. The van der Waals surface area contributed by atoms with Crippen LogP contribution in [0.5, 0.6) is 0 Å². The SMILES string of the molecule is O=S(=O)(Cl)c1ccnn1-c1ccccc1. The van der Waals surface area contributed by atoms with Gasteiger partial charge >= 0.3 is 0 Å². The Morgan fingerprint density at radius 2 is 1.80 bits per heavy atom. The number of aromatic nitrogens is 2. The maximum Gasteiger partial charge on any atom is 0.278 e. The van der Waals surface area contributed by atoms with Gasteiger partial charge in [-0.1, -0.05) is 18.2 Å². The molecule has 15 heavy (non-hydrogen) atoms. The molecule has 0 amide bonds. The molecule has 0 aliphatic rings. The number of benzene rings is 1. The first-order valence-electron chi connectivity index (χ1n) is 4.13. The Kier molecular flexibility index (Phi) is 2.50. The van der Waals surface area contributed by atoms with Gasteiger partial charge in [-0.2, -0.15) is 5.10 Å². The predicted octanol–water partition coefficient (Wildman–Crippen LogP) is 1.80. The zero-order valence-electron chi connectivity index (χ0n) is 7.54. The lowest BCUT2D eigenvalue weighted by Crippen LogP contribution is -2.04. The van der Waals surface area contributed by atoms with Crippen LogP contribution in [0.25, 0.3) is 5.69 Å². The minimum Gasteiger partial charge on any atom is -0.221 e. The smallest absolute Gasteiger partial charge is 0.221 e. The molecule has 0 aliphatic carbocycles. The second-order valence-electron chi connectivity index (χ2n) is 2.85. The van der Waals surface area contributed by atoms with Gasteiger partial charge in [-0.15, -0.1) is 0 Å². The van der Waals surface area contributed by atoms with Crippen LogP contribution in [0.4, 0.5) is 0 Å². The van der Waals surface area contributed by atoms with Crippen LogP contribution in [0.1, 0.15) is 0 Å². The molecule has 2 aromatic rings. The summed E-state index contributed by atoms with van der Waals surface area (Å²) in [6, 6.07) is 10.3. The number of hydrogen-bond acceptors (Lipinski definition) is 3. The van der Waals surface area contributed by atoms with Crippen molar-refractivity contribution >= 4 is 19.7 Å². The lowest BCUT2D eigenvalue weighted by atomic mass is 10.3. The Labute approximate surface area is 91.5 Å². The third-order valence-electron chi connectivity index (χ3n) is 1.86. The number of rotatable bonds is 2. The predicted molar refractivity (Wildman–Crippen MR) is 56.6 cm³/mol. The van der Waals surface area contributed by atoms with Gasteiger partial charge in [0.15, 0.2) is 5.03 Å². The highest BCUT2D eigenvalue weighted by Crippen LogP contribution is 2.18. The van der Waals surface area contributed by atoms with Gasteiger partial charge in [-0.3, -0.25) is 0 Å². The summed E-state index contributed by atoms with van der Waals surface area (Å²) < 4.78 is 23.7. The molecule has 0 unspecified atom stereocenters. The van der Waals surface area contributed by atoms with E-state index in [9.17, 15) is 8.42 Å². The number of nitrogens with zero attached hydrogens (tertiary/aromatic N) is 2. The third kappa shape index (κ3) is 2.03. The first-order valence-corrected chi connectivity index (χ1v) is 6.44. The summed E-state index contributed by atoms with van der Waals surface area (Å²) in [5.74, 6) is 0. The first-order chi connectivity index (χ1) is 7.09. The van der Waals surface area contributed by atoms with Crippen molar-refractivity contribution in [3.63, 3.8) is 0 Å². The second-order valence-corrected chi connectivity index (χ2v) is 5.37. The molecule has 0 bridgehead atoms. The Morgan fingerprint density at radius 3 is 2.40 bits per heavy atom. The van der Waals surface area contributed by atoms with Crippen LogP contribution in [0.15, 0.2) is 47.6 Å². The highest BCUT2D eigenvalue weighted by atomic mass is 35.7. The Hall–Kier alpha value is -1.33. The zero-order valence-corrected chi connectivity index (χ0v) is 9.11. The fraction of sp³-hybridized carbons (Fsp3) is 0. The van der Waals surface area contributed by atoms with Crippen molar-refractivity contribution < 1.29 is 8.42 Å². The van der Waals surface area contributed by atoms with Crippen molar-refractivity contribution in [3.05, 3.63) is 42.6 Å². The maximum atomic E-state index is 11.2. The van der Waals surface area contributed by atoms with Gasteiger partial charge in [-0.25, -0.2) is 13.1 Å². The van der Waals surface area contributed by atoms with E-state index >= 15 is 0 Å². The topological polar surface area (TPSA) is 52.0 Å². The highest BCUT2D eigenvalue weighted by molar-refractivity contribution is 8.13. The molecule has 6 heteroatoms. The molecule has 78 valence electrons. The van der Waals surface area contributed by atoms with Crippen molar-refractivity contribution in [3.8, 4) is 5.69 Å². The van der Waals surface area contributed by atoms with Crippen molar-refractivity contribution in [2.75, 3.05) is 0 Å². The summed E-state index contributed by atoms with van der Waals surface area (Å²) in [4.78, 5) is 0. The van der Waals surface area contributed by atoms with Gasteiger partial charge < -0.3 is 0 Å². The molecule has 0 spiro atoms. The van der Waals surface area contributed by atoms with Crippen molar-refractivity contribution in [1.82, 2.24) is 9.78 Å². The van der Waals surface area contributed by atoms with Crippen LogP contribution in [0.3, 0.4) is 0 Å². The molecule has 1 aromatic carbocycles. The molecule has 0 saturated carbocycles. The van der Waals surface area contributed by atoms with Crippen LogP contribution >= 0.6 is 10.7 Å². The van der Waals surface area contributed by atoms with E-state index in [-0.39, 0.29) is 5.03 Å². The van der Waals surface area contributed by atoms with Gasteiger partial charge in [0, 0.05) is 10.7 Å². The van der Waals surface area contributed by atoms with E-state index in [4.69, 9.17) is 10.7 Å². The Morgan fingerprint density at radius 1 is 1.13 bits per heavy atom. The monoisotopic (exact) mass is 242 g/mol. The standard InChI is InChI=1S/C9H7ClN2O2S/c10-15(13,14)9-6-7-11-12(9)8-4-2-1-3-5-8/h1-7H. The molecule has 1 heterocycles. The van der Waals surface area contributed by atoms with E-state index in [1.54, 1.807) is 24.3 Å². The molecular formula is C9H7ClN2O2S. The largest absolute Gasteiger partial charge is 0.278 e. The van der Waals surface area contributed by atoms with Crippen molar-refractivity contribution in [1.29, 1.82) is 0 Å². The number of para-hydroxylation sites is 1. The molecule has 0 radical (unpaired) electrons. The summed E-state index contributed by atoms with van der Waals surface area (Å²) in [7, 11) is 1.50. The van der Waals surface area contributed by atoms with E-state index in [2.05, 4.69) is 5.10 Å². The van der Waals surface area contributed by atoms with Gasteiger partial charge in [0.1, 0.15) is 0 Å². The van der Waals surface area contributed by atoms with Crippen LogP contribution in [-0.4, -0.2) is 18.2 Å². The summed E-state index contributed by atoms with van der Waals surface area (Å²) in [5, 5.41) is 3.87. The van der Waals surface area contributed by atoms with E-state index in [1.165, 1.54) is 16.9 Å². The Bertz CT molecular complexity index is 563. The molecule has 0 saturated heterocycles. The molecular weight excluding hydrogens is 236 g/mol. The molecule has 0 aliphatic heterocycles. The molecule has 0 fully saturated rings. The van der Waals surface area contributed by atoms with Crippen molar-refractivity contribution in [2.24, 2.45) is 0 Å². The summed E-state index contributed by atoms with van der Waals surface area (Å²) in [6.07, 6.45) is 1.39. The normalized spacial score (nSPS) is 11.5. The highest BCUT2D eigenvalue weighted by Gasteiger charge is 2.16. The zero-order chi connectivity index (χ0) is 10.9. The summed E-state index contributed by atoms with van der Waals surface area (Å²) in [6.45, 7) is 0. The molecule has 2 rings (SSSR count). The molecule has 4 nitrogen and oxygen atoms in total. The fourth-order valence-electron chi connectivity index (χ4n) is 1.24. The number of hydrogen-bond donors (Lipinski definition) is 0. The Balaban J connectivity index is 2.61. The summed E-state index contributed by atoms with van der Waals surface area (Å²) >= 11 is 0. The maximum absolute atomic E-state index is 11.2. The van der Waals surface area contributed by atoms with Crippen LogP contribution in [-0.2, 0) is 9.05 Å². The van der Waals surface area contributed by atoms with Gasteiger partial charge in [-0.05, 0) is 18.2 Å². The fourth-order valence-corrected chi connectivity index (χ4v) is 2.17. The van der Waals surface area contributed by atoms with E-state index < -0.39 is 9.05 Å². The lowest BCUT2D eigenvalue weighted by Gasteiger charge is -2.03. The minimum atomic E-state index is -3.77. The van der Waals surface area contributed by atoms with Crippen molar-refractivity contribution in [2.45, 2.75) is 5.03 Å². The van der Waals surface area contributed by atoms with E-state index in [1.807, 2.05) is 6.07 Å². The van der Waals surface area contributed by atoms with Gasteiger partial charge in [0.05, 0.1) is 11.9 Å². The van der Waals surface area contributed by atoms with Gasteiger partial charge in [0.25, 0.3) is 9.05 Å². The van der Waals surface area contributed by atoms with Crippen LogP contribution < -0.4 is 0 Å². The second kappa shape index (κ2) is 3.67. The molecule has 1 aromatic heterocycles. The van der Waals surface area contributed by atoms with Crippen LogP contribution in [0.2, 0.25) is 0 Å².